The highest BCUT2D eigenvalue weighted by Crippen LogP contribution is 2.35. The lowest BCUT2D eigenvalue weighted by Gasteiger charge is -2.31. The van der Waals surface area contributed by atoms with E-state index in [0.717, 1.165) is 24.0 Å². The van der Waals surface area contributed by atoms with Gasteiger partial charge in [0.2, 0.25) is 0 Å². The Kier molecular flexibility index (Phi) is 4.48. The van der Waals surface area contributed by atoms with Crippen molar-refractivity contribution in [1.82, 2.24) is 5.32 Å². The molecule has 0 amide bonds. The average Bonchev–Trinajstić information content (AvgIpc) is 2.46. The Balaban J connectivity index is 2.21. The summed E-state index contributed by atoms with van der Waals surface area (Å²) >= 11 is 0. The van der Waals surface area contributed by atoms with Gasteiger partial charge >= 0.3 is 0 Å². The molecule has 0 saturated carbocycles. The van der Waals surface area contributed by atoms with E-state index in [1.54, 1.807) is 14.2 Å². The topological polar surface area (TPSA) is 30.5 Å². The van der Waals surface area contributed by atoms with Gasteiger partial charge in [-0.15, -0.1) is 0 Å². The summed E-state index contributed by atoms with van der Waals surface area (Å²) in [6.45, 7) is 3.37. The van der Waals surface area contributed by atoms with Gasteiger partial charge in [-0.2, -0.15) is 0 Å². The molecule has 18 heavy (non-hydrogen) atoms. The molecule has 3 nitrogen and oxygen atoms in total. The van der Waals surface area contributed by atoms with E-state index in [0.29, 0.717) is 6.04 Å². The quantitative estimate of drug-likeness (QED) is 0.889. The summed E-state index contributed by atoms with van der Waals surface area (Å²) in [6, 6.07) is 6.50. The Morgan fingerprint density at radius 1 is 1.28 bits per heavy atom. The molecule has 1 heterocycles. The summed E-state index contributed by atoms with van der Waals surface area (Å²) in [5.74, 6) is 2.59. The molecule has 0 spiro atoms. The van der Waals surface area contributed by atoms with Crippen LogP contribution in [-0.4, -0.2) is 20.8 Å². The minimum Gasteiger partial charge on any atom is -0.497 e. The van der Waals surface area contributed by atoms with Gasteiger partial charge in [-0.1, -0.05) is 19.4 Å². The van der Waals surface area contributed by atoms with Gasteiger partial charge in [-0.3, -0.25) is 0 Å². The zero-order valence-electron chi connectivity index (χ0n) is 11.5. The molecule has 1 N–H and O–H groups in total. The maximum absolute atomic E-state index is 5.49. The summed E-state index contributed by atoms with van der Waals surface area (Å²) < 4.78 is 10.7. The highest BCUT2D eigenvalue weighted by molar-refractivity contribution is 5.42. The SMILES string of the molecule is CCC1CCNC(c2ccc(OC)cc2OC)C1. The number of hydrogen-bond acceptors (Lipinski definition) is 3. The fraction of sp³-hybridized carbons (Fsp3) is 0.600. The molecule has 1 aliphatic rings. The zero-order chi connectivity index (χ0) is 13.0. The number of piperidine rings is 1. The summed E-state index contributed by atoms with van der Waals surface area (Å²) in [5.41, 5.74) is 1.25. The van der Waals surface area contributed by atoms with E-state index in [1.807, 2.05) is 12.1 Å². The minimum absolute atomic E-state index is 0.407. The average molecular weight is 249 g/mol. The molecule has 2 rings (SSSR count). The number of rotatable bonds is 4. The van der Waals surface area contributed by atoms with Crippen LogP contribution in [0.4, 0.5) is 0 Å². The lowest BCUT2D eigenvalue weighted by Crippen LogP contribution is -2.31. The lowest BCUT2D eigenvalue weighted by molar-refractivity contribution is 0.291. The predicted molar refractivity (Wildman–Crippen MR) is 73.3 cm³/mol. The van der Waals surface area contributed by atoms with Crippen LogP contribution in [0.3, 0.4) is 0 Å². The van der Waals surface area contributed by atoms with Crippen LogP contribution >= 0.6 is 0 Å². The van der Waals surface area contributed by atoms with E-state index < -0.39 is 0 Å². The van der Waals surface area contributed by atoms with Gasteiger partial charge in [0.25, 0.3) is 0 Å². The molecule has 0 radical (unpaired) electrons. The van der Waals surface area contributed by atoms with Crippen molar-refractivity contribution >= 4 is 0 Å². The number of methoxy groups -OCH3 is 2. The fourth-order valence-corrected chi connectivity index (χ4v) is 2.71. The molecule has 1 fully saturated rings. The summed E-state index contributed by atoms with van der Waals surface area (Å²) in [6.07, 6.45) is 3.74. The first-order valence-electron chi connectivity index (χ1n) is 6.73. The Hall–Kier alpha value is -1.22. The van der Waals surface area contributed by atoms with Crippen LogP contribution in [0, 0.1) is 5.92 Å². The standard InChI is InChI=1S/C15H23NO2/c1-4-11-7-8-16-14(9-11)13-6-5-12(17-2)10-15(13)18-3/h5-6,10-11,14,16H,4,7-9H2,1-3H3. The number of hydrogen-bond donors (Lipinski definition) is 1. The third-order valence-electron chi connectivity index (χ3n) is 3.91. The minimum atomic E-state index is 0.407. The normalized spacial score (nSPS) is 23.7. The van der Waals surface area contributed by atoms with Gasteiger partial charge in [-0.25, -0.2) is 0 Å². The van der Waals surface area contributed by atoms with Gasteiger partial charge in [-0.05, 0) is 31.4 Å². The second-order valence-corrected chi connectivity index (χ2v) is 4.91. The number of ether oxygens (including phenoxy) is 2. The summed E-state index contributed by atoms with van der Waals surface area (Å²) in [5, 5.41) is 3.59. The second-order valence-electron chi connectivity index (χ2n) is 4.91. The molecule has 1 aromatic rings. The smallest absolute Gasteiger partial charge is 0.127 e. The van der Waals surface area contributed by atoms with Crippen LogP contribution < -0.4 is 14.8 Å². The number of nitrogens with one attached hydrogen (secondary N) is 1. The Morgan fingerprint density at radius 3 is 2.78 bits per heavy atom. The monoisotopic (exact) mass is 249 g/mol. The predicted octanol–water partition coefficient (Wildman–Crippen LogP) is 3.15. The zero-order valence-corrected chi connectivity index (χ0v) is 11.5. The molecule has 2 unspecified atom stereocenters. The molecule has 1 aromatic carbocycles. The van der Waals surface area contributed by atoms with Gasteiger partial charge in [0.1, 0.15) is 11.5 Å². The van der Waals surface area contributed by atoms with Crippen LogP contribution in [0.2, 0.25) is 0 Å². The number of benzene rings is 1. The third-order valence-corrected chi connectivity index (χ3v) is 3.91. The van der Waals surface area contributed by atoms with E-state index in [1.165, 1.54) is 24.8 Å². The van der Waals surface area contributed by atoms with Gasteiger partial charge in [0.05, 0.1) is 14.2 Å². The largest absolute Gasteiger partial charge is 0.497 e. The van der Waals surface area contributed by atoms with E-state index >= 15 is 0 Å². The van der Waals surface area contributed by atoms with Crippen LogP contribution in [0.1, 0.15) is 37.8 Å². The van der Waals surface area contributed by atoms with Crippen LogP contribution in [0.15, 0.2) is 18.2 Å². The molecule has 1 aliphatic heterocycles. The van der Waals surface area contributed by atoms with E-state index in [-0.39, 0.29) is 0 Å². The fourth-order valence-electron chi connectivity index (χ4n) is 2.71. The molecular weight excluding hydrogens is 226 g/mol. The molecule has 0 bridgehead atoms. The Labute approximate surface area is 109 Å². The summed E-state index contributed by atoms with van der Waals surface area (Å²) in [4.78, 5) is 0. The van der Waals surface area contributed by atoms with Gasteiger partial charge in [0.15, 0.2) is 0 Å². The van der Waals surface area contributed by atoms with E-state index in [4.69, 9.17) is 9.47 Å². The lowest BCUT2D eigenvalue weighted by atomic mass is 9.87. The van der Waals surface area contributed by atoms with Crippen molar-refractivity contribution in [3.63, 3.8) is 0 Å². The summed E-state index contributed by atoms with van der Waals surface area (Å²) in [7, 11) is 3.40. The van der Waals surface area contributed by atoms with Crippen molar-refractivity contribution in [2.45, 2.75) is 32.2 Å². The molecular formula is C15H23NO2. The van der Waals surface area contributed by atoms with Crippen molar-refractivity contribution in [3.05, 3.63) is 23.8 Å². The van der Waals surface area contributed by atoms with Crippen molar-refractivity contribution in [2.75, 3.05) is 20.8 Å². The maximum atomic E-state index is 5.49. The molecule has 3 heteroatoms. The molecule has 1 saturated heterocycles. The van der Waals surface area contributed by atoms with Crippen molar-refractivity contribution in [3.8, 4) is 11.5 Å². The van der Waals surface area contributed by atoms with Crippen LogP contribution in [0.5, 0.6) is 11.5 Å². The molecule has 0 aromatic heterocycles. The Bertz CT molecular complexity index is 392. The first-order chi connectivity index (χ1) is 8.78. The Morgan fingerprint density at radius 2 is 2.11 bits per heavy atom. The van der Waals surface area contributed by atoms with Crippen LogP contribution in [0.25, 0.3) is 0 Å². The first kappa shape index (κ1) is 13.2. The van der Waals surface area contributed by atoms with Gasteiger partial charge < -0.3 is 14.8 Å². The van der Waals surface area contributed by atoms with Crippen molar-refractivity contribution in [2.24, 2.45) is 5.92 Å². The first-order valence-corrected chi connectivity index (χ1v) is 6.73. The van der Waals surface area contributed by atoms with E-state index in [9.17, 15) is 0 Å². The highest BCUT2D eigenvalue weighted by Gasteiger charge is 2.24. The van der Waals surface area contributed by atoms with Gasteiger partial charge in [0, 0.05) is 17.7 Å². The van der Waals surface area contributed by atoms with Crippen molar-refractivity contribution < 1.29 is 9.47 Å². The van der Waals surface area contributed by atoms with E-state index in [2.05, 4.69) is 18.3 Å². The van der Waals surface area contributed by atoms with Crippen LogP contribution in [-0.2, 0) is 0 Å². The maximum Gasteiger partial charge on any atom is 0.127 e. The molecule has 0 aliphatic carbocycles. The highest BCUT2D eigenvalue weighted by atomic mass is 16.5. The molecule has 100 valence electrons. The second kappa shape index (κ2) is 6.10. The molecule has 2 atom stereocenters. The van der Waals surface area contributed by atoms with Crippen molar-refractivity contribution in [1.29, 1.82) is 0 Å². The third kappa shape index (κ3) is 2.78.